The van der Waals surface area contributed by atoms with E-state index >= 15 is 0 Å². The van der Waals surface area contributed by atoms with Crippen molar-refractivity contribution in [2.75, 3.05) is 6.61 Å². The molecule has 0 aromatic heterocycles. The van der Waals surface area contributed by atoms with E-state index in [1.165, 1.54) is 24.0 Å². The predicted molar refractivity (Wildman–Crippen MR) is 80.4 cm³/mol. The monoisotopic (exact) mass is 310 g/mol. The van der Waals surface area contributed by atoms with Crippen molar-refractivity contribution in [3.8, 4) is 0 Å². The van der Waals surface area contributed by atoms with E-state index in [4.69, 9.17) is 4.74 Å². The van der Waals surface area contributed by atoms with Gasteiger partial charge in [0.1, 0.15) is 0 Å². The van der Waals surface area contributed by atoms with Gasteiger partial charge < -0.3 is 4.74 Å². The Hall–Kier alpha value is -0.340. The molecule has 0 amide bonds. The number of rotatable bonds is 4. The Morgan fingerprint density at radius 2 is 1.89 bits per heavy atom. The minimum absolute atomic E-state index is 0.0438. The van der Waals surface area contributed by atoms with Crippen LogP contribution >= 0.6 is 15.9 Å². The summed E-state index contributed by atoms with van der Waals surface area (Å²) in [7, 11) is 0. The quantitative estimate of drug-likeness (QED) is 0.694. The molecule has 1 saturated heterocycles. The van der Waals surface area contributed by atoms with Crippen LogP contribution in [-0.2, 0) is 4.74 Å². The summed E-state index contributed by atoms with van der Waals surface area (Å²) < 4.78 is 5.91. The Bertz CT molecular complexity index is 379. The lowest BCUT2D eigenvalue weighted by Crippen LogP contribution is -2.28. The van der Waals surface area contributed by atoms with Gasteiger partial charge in [0, 0.05) is 6.61 Å². The number of hydrogen-bond acceptors (Lipinski definition) is 1. The summed E-state index contributed by atoms with van der Waals surface area (Å²) in [6, 6.07) is 9.01. The second-order valence-electron chi connectivity index (χ2n) is 5.60. The lowest BCUT2D eigenvalue weighted by atomic mass is 9.91. The molecule has 1 aliphatic rings. The zero-order valence-corrected chi connectivity index (χ0v) is 13.2. The average molecular weight is 311 g/mol. The number of ether oxygens (including phenoxy) is 1. The van der Waals surface area contributed by atoms with E-state index in [0.29, 0.717) is 10.7 Å². The van der Waals surface area contributed by atoms with Crippen LogP contribution in [0.4, 0.5) is 0 Å². The van der Waals surface area contributed by atoms with E-state index < -0.39 is 0 Å². The first-order chi connectivity index (χ1) is 8.57. The summed E-state index contributed by atoms with van der Waals surface area (Å²) in [6.07, 6.45) is 3.50. The summed E-state index contributed by atoms with van der Waals surface area (Å²) >= 11 is 3.82. The lowest BCUT2D eigenvalue weighted by Gasteiger charge is -2.29. The van der Waals surface area contributed by atoms with Gasteiger partial charge in [0.2, 0.25) is 0 Å². The SMILES string of the molecule is CCC(C)c1ccc(C(Br)C2(C)CCCO2)cc1. The molecular formula is C16H23BrO. The van der Waals surface area contributed by atoms with Crippen molar-refractivity contribution in [3.63, 3.8) is 0 Å². The fourth-order valence-electron chi connectivity index (χ4n) is 2.58. The van der Waals surface area contributed by atoms with Crippen LogP contribution in [0.25, 0.3) is 0 Å². The Morgan fingerprint density at radius 3 is 2.39 bits per heavy atom. The van der Waals surface area contributed by atoms with Crippen LogP contribution in [-0.4, -0.2) is 12.2 Å². The zero-order chi connectivity index (χ0) is 13.2. The Balaban J connectivity index is 2.14. The van der Waals surface area contributed by atoms with E-state index in [2.05, 4.69) is 61.0 Å². The highest BCUT2D eigenvalue weighted by Crippen LogP contribution is 2.43. The third-order valence-electron chi connectivity index (χ3n) is 4.20. The van der Waals surface area contributed by atoms with Gasteiger partial charge in [0.05, 0.1) is 10.4 Å². The van der Waals surface area contributed by atoms with Crippen molar-refractivity contribution in [2.24, 2.45) is 0 Å². The maximum absolute atomic E-state index is 5.91. The first-order valence-electron chi connectivity index (χ1n) is 6.94. The Labute approximate surface area is 119 Å². The molecule has 100 valence electrons. The van der Waals surface area contributed by atoms with Gasteiger partial charge >= 0.3 is 0 Å². The second-order valence-corrected chi connectivity index (χ2v) is 6.52. The molecule has 18 heavy (non-hydrogen) atoms. The molecule has 3 atom stereocenters. The van der Waals surface area contributed by atoms with Crippen LogP contribution in [0.15, 0.2) is 24.3 Å². The van der Waals surface area contributed by atoms with Gasteiger partial charge in [0.15, 0.2) is 0 Å². The van der Waals surface area contributed by atoms with Crippen molar-refractivity contribution >= 4 is 15.9 Å². The van der Waals surface area contributed by atoms with Crippen LogP contribution in [0.1, 0.15) is 61.9 Å². The van der Waals surface area contributed by atoms with Gasteiger partial charge in [-0.3, -0.25) is 0 Å². The number of halogens is 1. The fraction of sp³-hybridized carbons (Fsp3) is 0.625. The smallest absolute Gasteiger partial charge is 0.0820 e. The number of benzene rings is 1. The highest BCUT2D eigenvalue weighted by molar-refractivity contribution is 9.09. The normalized spacial score (nSPS) is 27.1. The molecule has 2 heteroatoms. The van der Waals surface area contributed by atoms with Crippen LogP contribution < -0.4 is 0 Å². The highest BCUT2D eigenvalue weighted by Gasteiger charge is 2.37. The van der Waals surface area contributed by atoms with Crippen LogP contribution in [0.2, 0.25) is 0 Å². The van der Waals surface area contributed by atoms with Crippen molar-refractivity contribution in [3.05, 3.63) is 35.4 Å². The summed E-state index contributed by atoms with van der Waals surface area (Å²) in [6.45, 7) is 7.62. The van der Waals surface area contributed by atoms with E-state index in [0.717, 1.165) is 13.0 Å². The van der Waals surface area contributed by atoms with Crippen molar-refractivity contribution in [1.29, 1.82) is 0 Å². The van der Waals surface area contributed by atoms with E-state index in [1.807, 2.05) is 0 Å². The molecule has 1 aromatic carbocycles. The third kappa shape index (κ3) is 2.80. The van der Waals surface area contributed by atoms with E-state index in [1.54, 1.807) is 0 Å². The van der Waals surface area contributed by atoms with Crippen molar-refractivity contribution < 1.29 is 4.74 Å². The fourth-order valence-corrected chi connectivity index (χ4v) is 3.25. The minimum Gasteiger partial charge on any atom is -0.374 e. The first-order valence-corrected chi connectivity index (χ1v) is 7.86. The molecular weight excluding hydrogens is 288 g/mol. The number of alkyl halides is 1. The summed E-state index contributed by atoms with van der Waals surface area (Å²) in [4.78, 5) is 0.290. The average Bonchev–Trinajstić information content (AvgIpc) is 2.85. The van der Waals surface area contributed by atoms with Gasteiger partial charge in [-0.2, -0.15) is 0 Å². The molecule has 2 rings (SSSR count). The second kappa shape index (κ2) is 5.75. The maximum Gasteiger partial charge on any atom is 0.0820 e. The molecule has 1 fully saturated rings. The third-order valence-corrected chi connectivity index (χ3v) is 5.69. The molecule has 1 heterocycles. The molecule has 0 radical (unpaired) electrons. The highest BCUT2D eigenvalue weighted by atomic mass is 79.9. The lowest BCUT2D eigenvalue weighted by molar-refractivity contribution is 0.0197. The summed E-state index contributed by atoms with van der Waals surface area (Å²) in [5.41, 5.74) is 2.71. The van der Waals surface area contributed by atoms with Gasteiger partial charge in [-0.25, -0.2) is 0 Å². The zero-order valence-electron chi connectivity index (χ0n) is 11.6. The topological polar surface area (TPSA) is 9.23 Å². The van der Waals surface area contributed by atoms with Crippen molar-refractivity contribution in [1.82, 2.24) is 0 Å². The number of hydrogen-bond donors (Lipinski definition) is 0. The first kappa shape index (κ1) is 14.1. The summed E-state index contributed by atoms with van der Waals surface area (Å²) in [5.74, 6) is 0.645. The maximum atomic E-state index is 5.91. The molecule has 0 saturated carbocycles. The molecule has 0 spiro atoms. The molecule has 1 aromatic rings. The van der Waals surface area contributed by atoms with Gasteiger partial charge in [0.25, 0.3) is 0 Å². The Morgan fingerprint density at radius 1 is 1.28 bits per heavy atom. The molecule has 1 nitrogen and oxygen atoms in total. The molecule has 0 N–H and O–H groups in total. The van der Waals surface area contributed by atoms with Crippen LogP contribution in [0.5, 0.6) is 0 Å². The Kier molecular flexibility index (Phi) is 4.50. The molecule has 3 unspecified atom stereocenters. The van der Waals surface area contributed by atoms with E-state index in [9.17, 15) is 0 Å². The van der Waals surface area contributed by atoms with Gasteiger partial charge in [-0.1, -0.05) is 54.0 Å². The van der Waals surface area contributed by atoms with Gasteiger partial charge in [-0.15, -0.1) is 0 Å². The largest absolute Gasteiger partial charge is 0.374 e. The van der Waals surface area contributed by atoms with Crippen LogP contribution in [0, 0.1) is 0 Å². The molecule has 0 bridgehead atoms. The summed E-state index contributed by atoms with van der Waals surface area (Å²) in [5, 5.41) is 0. The predicted octanol–water partition coefficient (Wildman–Crippen LogP) is 5.21. The molecule has 1 aliphatic heterocycles. The van der Waals surface area contributed by atoms with Crippen LogP contribution in [0.3, 0.4) is 0 Å². The van der Waals surface area contributed by atoms with E-state index in [-0.39, 0.29) is 5.60 Å². The van der Waals surface area contributed by atoms with Crippen molar-refractivity contribution in [2.45, 2.75) is 56.4 Å². The minimum atomic E-state index is -0.0438. The van der Waals surface area contributed by atoms with Gasteiger partial charge in [-0.05, 0) is 43.2 Å². The molecule has 0 aliphatic carbocycles. The standard InChI is InChI=1S/C16H23BrO/c1-4-12(2)13-6-8-14(9-7-13)15(17)16(3)10-5-11-18-16/h6-9,12,15H,4-5,10-11H2,1-3H3.